The Hall–Kier alpha value is -2.30. The van der Waals surface area contributed by atoms with Crippen LogP contribution in [0.5, 0.6) is 5.75 Å². The molecule has 2 rings (SSSR count). The number of benzene rings is 1. The molecule has 18 heavy (non-hydrogen) atoms. The van der Waals surface area contributed by atoms with Gasteiger partial charge in [-0.3, -0.25) is 4.79 Å². The third-order valence-electron chi connectivity index (χ3n) is 2.90. The van der Waals surface area contributed by atoms with Crippen LogP contribution in [0.4, 0.5) is 0 Å². The van der Waals surface area contributed by atoms with Gasteiger partial charge in [0.2, 0.25) is 11.5 Å². The third-order valence-corrected chi connectivity index (χ3v) is 2.90. The summed E-state index contributed by atoms with van der Waals surface area (Å²) in [4.78, 5) is 22.7. The first kappa shape index (κ1) is 12.2. The van der Waals surface area contributed by atoms with Crippen molar-refractivity contribution in [3.05, 3.63) is 41.7 Å². The molecule has 1 atom stereocenters. The Morgan fingerprint density at radius 2 is 1.94 bits per heavy atom. The number of ether oxygens (including phenoxy) is 2. The number of hydrogen-bond donors (Lipinski definition) is 1. The zero-order valence-corrected chi connectivity index (χ0v) is 9.97. The molecule has 0 aliphatic carbocycles. The minimum atomic E-state index is -1.28. The van der Waals surface area contributed by atoms with Crippen LogP contribution in [0.2, 0.25) is 0 Å². The quantitative estimate of drug-likeness (QED) is 0.877. The van der Waals surface area contributed by atoms with E-state index in [1.54, 1.807) is 31.2 Å². The van der Waals surface area contributed by atoms with Gasteiger partial charge in [0.1, 0.15) is 5.75 Å². The summed E-state index contributed by atoms with van der Waals surface area (Å²) in [7, 11) is 1.54. The number of carboxylic acids is 1. The van der Waals surface area contributed by atoms with Crippen LogP contribution in [-0.2, 0) is 19.9 Å². The van der Waals surface area contributed by atoms with Crippen LogP contribution in [0, 0.1) is 0 Å². The molecule has 1 aromatic rings. The van der Waals surface area contributed by atoms with E-state index in [1.807, 2.05) is 0 Å². The molecule has 1 unspecified atom stereocenters. The molecule has 1 N–H and O–H groups in total. The molecule has 1 aliphatic heterocycles. The van der Waals surface area contributed by atoms with Crippen molar-refractivity contribution in [1.82, 2.24) is 0 Å². The monoisotopic (exact) mass is 248 g/mol. The van der Waals surface area contributed by atoms with Crippen LogP contribution in [0.3, 0.4) is 0 Å². The highest BCUT2D eigenvalue weighted by Crippen LogP contribution is 2.35. The normalized spacial score (nSPS) is 22.3. The molecule has 0 radical (unpaired) electrons. The van der Waals surface area contributed by atoms with Crippen molar-refractivity contribution >= 4 is 11.8 Å². The largest absolute Gasteiger partial charge is 0.497 e. The van der Waals surface area contributed by atoms with E-state index in [-0.39, 0.29) is 11.5 Å². The minimum absolute atomic E-state index is 0.335. The topological polar surface area (TPSA) is 72.8 Å². The van der Waals surface area contributed by atoms with E-state index in [9.17, 15) is 9.59 Å². The van der Waals surface area contributed by atoms with Crippen molar-refractivity contribution in [2.45, 2.75) is 12.5 Å². The first-order valence-corrected chi connectivity index (χ1v) is 5.30. The first-order chi connectivity index (χ1) is 8.47. The van der Waals surface area contributed by atoms with Gasteiger partial charge < -0.3 is 14.6 Å². The Morgan fingerprint density at radius 3 is 2.39 bits per heavy atom. The van der Waals surface area contributed by atoms with Crippen molar-refractivity contribution in [3.8, 4) is 5.75 Å². The van der Waals surface area contributed by atoms with E-state index in [1.165, 1.54) is 7.11 Å². The SMILES string of the molecule is COc1ccc(C2(C)OC(C(=O)O)=CC2=O)cc1. The predicted molar refractivity (Wildman–Crippen MR) is 62.2 cm³/mol. The Balaban J connectivity index is 2.33. The molecule has 0 fully saturated rings. The number of carboxylic acid groups (broad SMARTS) is 1. The Labute approximate surface area is 104 Å². The van der Waals surface area contributed by atoms with Crippen LogP contribution < -0.4 is 4.74 Å². The lowest BCUT2D eigenvalue weighted by molar-refractivity contribution is -0.141. The molecular formula is C13H12O5. The van der Waals surface area contributed by atoms with Crippen LogP contribution in [0.25, 0.3) is 0 Å². The van der Waals surface area contributed by atoms with Crippen molar-refractivity contribution in [1.29, 1.82) is 0 Å². The Kier molecular flexibility index (Phi) is 2.82. The molecule has 1 aromatic carbocycles. The second-order valence-corrected chi connectivity index (χ2v) is 4.04. The fraction of sp³-hybridized carbons (Fsp3) is 0.231. The molecule has 5 nitrogen and oxygen atoms in total. The molecule has 0 amide bonds. The highest BCUT2D eigenvalue weighted by atomic mass is 16.5. The van der Waals surface area contributed by atoms with E-state index in [0.29, 0.717) is 11.3 Å². The van der Waals surface area contributed by atoms with Gasteiger partial charge >= 0.3 is 5.97 Å². The average Bonchev–Trinajstić information content (AvgIpc) is 2.67. The van der Waals surface area contributed by atoms with Crippen LogP contribution in [0.15, 0.2) is 36.1 Å². The minimum Gasteiger partial charge on any atom is -0.497 e. The number of ketones is 1. The van der Waals surface area contributed by atoms with Gasteiger partial charge in [0, 0.05) is 11.6 Å². The molecular weight excluding hydrogens is 236 g/mol. The summed E-state index contributed by atoms with van der Waals surface area (Å²) < 4.78 is 10.3. The number of rotatable bonds is 3. The standard InChI is InChI=1S/C13H12O5/c1-13(8-3-5-9(17-2)6-4-8)11(14)7-10(18-13)12(15)16/h3-7H,1-2H3,(H,15,16). The first-order valence-electron chi connectivity index (χ1n) is 5.30. The van der Waals surface area contributed by atoms with E-state index in [4.69, 9.17) is 14.6 Å². The van der Waals surface area contributed by atoms with Gasteiger partial charge in [0.25, 0.3) is 0 Å². The summed E-state index contributed by atoms with van der Waals surface area (Å²) in [6, 6.07) is 6.73. The lowest BCUT2D eigenvalue weighted by atomic mass is 9.92. The fourth-order valence-corrected chi connectivity index (χ4v) is 1.77. The van der Waals surface area contributed by atoms with E-state index >= 15 is 0 Å². The van der Waals surface area contributed by atoms with Crippen molar-refractivity contribution in [2.24, 2.45) is 0 Å². The van der Waals surface area contributed by atoms with Crippen molar-refractivity contribution < 1.29 is 24.2 Å². The maximum atomic E-state index is 11.9. The molecule has 0 spiro atoms. The summed E-state index contributed by atoms with van der Waals surface area (Å²) in [6.07, 6.45) is 1.01. The number of hydrogen-bond acceptors (Lipinski definition) is 4. The fourth-order valence-electron chi connectivity index (χ4n) is 1.77. The van der Waals surface area contributed by atoms with Gasteiger partial charge in [-0.05, 0) is 19.1 Å². The van der Waals surface area contributed by atoms with Crippen LogP contribution >= 0.6 is 0 Å². The highest BCUT2D eigenvalue weighted by Gasteiger charge is 2.43. The highest BCUT2D eigenvalue weighted by molar-refractivity contribution is 6.05. The molecule has 0 saturated heterocycles. The van der Waals surface area contributed by atoms with Crippen LogP contribution in [0.1, 0.15) is 12.5 Å². The summed E-state index contributed by atoms with van der Waals surface area (Å²) >= 11 is 0. The number of aliphatic carboxylic acids is 1. The van der Waals surface area contributed by atoms with Gasteiger partial charge in [0.05, 0.1) is 7.11 Å². The Bertz CT molecular complexity index is 529. The summed E-state index contributed by atoms with van der Waals surface area (Å²) in [5.74, 6) is -1.32. The van der Waals surface area contributed by atoms with E-state index < -0.39 is 11.6 Å². The second kappa shape index (κ2) is 4.18. The second-order valence-electron chi connectivity index (χ2n) is 4.04. The molecule has 0 saturated carbocycles. The molecule has 1 aliphatic rings. The molecule has 0 aromatic heterocycles. The van der Waals surface area contributed by atoms with Gasteiger partial charge in [0.15, 0.2) is 5.60 Å². The third kappa shape index (κ3) is 1.84. The zero-order valence-electron chi connectivity index (χ0n) is 9.97. The Morgan fingerprint density at radius 1 is 1.33 bits per heavy atom. The van der Waals surface area contributed by atoms with Crippen LogP contribution in [-0.4, -0.2) is 24.0 Å². The van der Waals surface area contributed by atoms with Crippen molar-refractivity contribution in [2.75, 3.05) is 7.11 Å². The number of carbonyl (C=O) groups is 2. The smallest absolute Gasteiger partial charge is 0.371 e. The van der Waals surface area contributed by atoms with Gasteiger partial charge in [-0.2, -0.15) is 0 Å². The van der Waals surface area contributed by atoms with E-state index in [2.05, 4.69) is 0 Å². The van der Waals surface area contributed by atoms with Crippen molar-refractivity contribution in [3.63, 3.8) is 0 Å². The molecule has 0 bridgehead atoms. The molecule has 5 heteroatoms. The van der Waals surface area contributed by atoms with Gasteiger partial charge in [-0.1, -0.05) is 12.1 Å². The average molecular weight is 248 g/mol. The van der Waals surface area contributed by atoms with E-state index in [0.717, 1.165) is 6.08 Å². The molecule has 1 heterocycles. The maximum absolute atomic E-state index is 11.9. The van der Waals surface area contributed by atoms with Gasteiger partial charge in [-0.25, -0.2) is 4.79 Å². The molecule has 94 valence electrons. The summed E-state index contributed by atoms with van der Waals surface area (Å²) in [5, 5.41) is 8.83. The summed E-state index contributed by atoms with van der Waals surface area (Å²) in [6.45, 7) is 1.55. The zero-order chi connectivity index (χ0) is 13.3. The van der Waals surface area contributed by atoms with Gasteiger partial charge in [-0.15, -0.1) is 0 Å². The number of carbonyl (C=O) groups excluding carboxylic acids is 1. The summed E-state index contributed by atoms with van der Waals surface area (Å²) in [5.41, 5.74) is -0.694. The number of methoxy groups -OCH3 is 1. The lowest BCUT2D eigenvalue weighted by Gasteiger charge is -2.23. The lowest BCUT2D eigenvalue weighted by Crippen LogP contribution is -2.30. The predicted octanol–water partition coefficient (Wildman–Crippen LogP) is 1.48. The maximum Gasteiger partial charge on any atom is 0.371 e.